The molecule has 1 aliphatic carbocycles. The van der Waals surface area contributed by atoms with Crippen molar-refractivity contribution in [3.05, 3.63) is 22.2 Å². The van der Waals surface area contributed by atoms with Gasteiger partial charge in [0.1, 0.15) is 13.2 Å². The summed E-state index contributed by atoms with van der Waals surface area (Å²) in [5, 5.41) is 3.54. The van der Waals surface area contributed by atoms with E-state index in [0.29, 0.717) is 25.2 Å². The fourth-order valence-corrected chi connectivity index (χ4v) is 4.18. The number of fused-ring (bicyclic) bond motifs is 1. The maximum atomic E-state index is 5.75. The van der Waals surface area contributed by atoms with Gasteiger partial charge >= 0.3 is 0 Å². The van der Waals surface area contributed by atoms with Crippen molar-refractivity contribution in [1.82, 2.24) is 5.32 Å². The normalized spacial score (nSPS) is 20.9. The van der Waals surface area contributed by atoms with E-state index in [9.17, 15) is 0 Å². The molecule has 1 N–H and O–H groups in total. The lowest BCUT2D eigenvalue weighted by Crippen LogP contribution is -2.26. The number of hydrogen-bond acceptors (Lipinski definition) is 3. The van der Waals surface area contributed by atoms with Crippen LogP contribution in [0.2, 0.25) is 0 Å². The van der Waals surface area contributed by atoms with Crippen molar-refractivity contribution >= 4 is 15.9 Å². The average Bonchev–Trinajstić information content (AvgIpc) is 2.78. The molecule has 0 spiro atoms. The first-order valence-electron chi connectivity index (χ1n) is 8.06. The first-order valence-corrected chi connectivity index (χ1v) is 8.85. The highest BCUT2D eigenvalue weighted by Crippen LogP contribution is 2.42. The molecule has 0 saturated heterocycles. The summed E-state index contributed by atoms with van der Waals surface area (Å²) in [5.41, 5.74) is 1.30. The van der Waals surface area contributed by atoms with E-state index in [-0.39, 0.29) is 0 Å². The van der Waals surface area contributed by atoms with Crippen LogP contribution in [0.15, 0.2) is 16.6 Å². The molecule has 0 bridgehead atoms. The SMILES string of the molecule is CNC(c1cc2c(cc1Br)OCCO2)C1CCCCCC1. The zero-order valence-electron chi connectivity index (χ0n) is 12.7. The van der Waals surface area contributed by atoms with E-state index in [1.807, 2.05) is 0 Å². The zero-order valence-corrected chi connectivity index (χ0v) is 14.2. The molecular formula is C17H24BrNO2. The molecule has 1 aromatic rings. The van der Waals surface area contributed by atoms with Crippen molar-refractivity contribution in [3.63, 3.8) is 0 Å². The molecule has 0 amide bonds. The van der Waals surface area contributed by atoms with Gasteiger partial charge in [0.15, 0.2) is 11.5 Å². The Morgan fingerprint density at radius 3 is 2.29 bits per heavy atom. The summed E-state index contributed by atoms with van der Waals surface area (Å²) in [6, 6.07) is 4.60. The van der Waals surface area contributed by atoms with Gasteiger partial charge in [0.05, 0.1) is 0 Å². The van der Waals surface area contributed by atoms with Crippen molar-refractivity contribution in [1.29, 1.82) is 0 Å². The van der Waals surface area contributed by atoms with E-state index in [0.717, 1.165) is 16.0 Å². The third kappa shape index (κ3) is 3.37. The van der Waals surface area contributed by atoms with Crippen molar-refractivity contribution in [2.75, 3.05) is 20.3 Å². The Morgan fingerprint density at radius 2 is 1.67 bits per heavy atom. The third-order valence-corrected chi connectivity index (χ3v) is 5.37. The summed E-state index contributed by atoms with van der Waals surface area (Å²) >= 11 is 3.73. The Bertz CT molecular complexity index is 484. The van der Waals surface area contributed by atoms with Gasteiger partial charge in [-0.15, -0.1) is 0 Å². The summed E-state index contributed by atoms with van der Waals surface area (Å²) < 4.78 is 12.5. The fraction of sp³-hybridized carbons (Fsp3) is 0.647. The molecule has 3 rings (SSSR count). The number of halogens is 1. The van der Waals surface area contributed by atoms with Gasteiger partial charge in [0.25, 0.3) is 0 Å². The van der Waals surface area contributed by atoms with Crippen LogP contribution in [-0.4, -0.2) is 20.3 Å². The van der Waals surface area contributed by atoms with Crippen LogP contribution in [0.4, 0.5) is 0 Å². The highest BCUT2D eigenvalue weighted by Gasteiger charge is 2.26. The van der Waals surface area contributed by atoms with Crippen LogP contribution in [-0.2, 0) is 0 Å². The van der Waals surface area contributed by atoms with E-state index in [1.54, 1.807) is 0 Å². The quantitative estimate of drug-likeness (QED) is 0.814. The highest BCUT2D eigenvalue weighted by atomic mass is 79.9. The second-order valence-corrected chi connectivity index (χ2v) is 6.89. The molecule has 1 unspecified atom stereocenters. The molecule has 3 nitrogen and oxygen atoms in total. The molecule has 2 aliphatic rings. The Kier molecular flexibility index (Phi) is 5.07. The Labute approximate surface area is 135 Å². The third-order valence-electron chi connectivity index (χ3n) is 4.68. The molecule has 1 aromatic carbocycles. The van der Waals surface area contributed by atoms with Gasteiger partial charge in [-0.1, -0.05) is 41.6 Å². The molecule has 4 heteroatoms. The van der Waals surface area contributed by atoms with Crippen molar-refractivity contribution in [3.8, 4) is 11.5 Å². The van der Waals surface area contributed by atoms with Gasteiger partial charge in [-0.05, 0) is 43.5 Å². The van der Waals surface area contributed by atoms with E-state index in [4.69, 9.17) is 9.47 Å². The predicted molar refractivity (Wildman–Crippen MR) is 88.1 cm³/mol. The lowest BCUT2D eigenvalue weighted by atomic mass is 9.87. The van der Waals surface area contributed by atoms with Crippen LogP contribution in [0.1, 0.15) is 50.1 Å². The van der Waals surface area contributed by atoms with E-state index >= 15 is 0 Å². The minimum absolute atomic E-state index is 0.383. The van der Waals surface area contributed by atoms with E-state index in [2.05, 4.69) is 40.4 Å². The molecule has 0 aromatic heterocycles. The van der Waals surface area contributed by atoms with Gasteiger partial charge in [0, 0.05) is 10.5 Å². The lowest BCUT2D eigenvalue weighted by molar-refractivity contribution is 0.171. The van der Waals surface area contributed by atoms with Gasteiger partial charge in [-0.2, -0.15) is 0 Å². The van der Waals surface area contributed by atoms with Gasteiger partial charge in [-0.25, -0.2) is 0 Å². The fourth-order valence-electron chi connectivity index (χ4n) is 3.61. The average molecular weight is 354 g/mol. The van der Waals surface area contributed by atoms with Crippen LogP contribution in [0, 0.1) is 5.92 Å². The molecule has 1 heterocycles. The molecule has 1 aliphatic heterocycles. The Morgan fingerprint density at radius 1 is 1.05 bits per heavy atom. The molecule has 116 valence electrons. The van der Waals surface area contributed by atoms with Crippen LogP contribution in [0.3, 0.4) is 0 Å². The van der Waals surface area contributed by atoms with Gasteiger partial charge in [-0.3, -0.25) is 0 Å². The van der Waals surface area contributed by atoms with E-state index < -0.39 is 0 Å². The van der Waals surface area contributed by atoms with Crippen LogP contribution in [0.25, 0.3) is 0 Å². The topological polar surface area (TPSA) is 30.5 Å². The van der Waals surface area contributed by atoms with Gasteiger partial charge < -0.3 is 14.8 Å². The molecule has 1 atom stereocenters. The second-order valence-electron chi connectivity index (χ2n) is 6.04. The molecule has 0 radical (unpaired) electrons. The standard InChI is InChI=1S/C17H24BrNO2/c1-19-17(12-6-4-2-3-5-7-12)13-10-15-16(11-14(13)18)21-9-8-20-15/h10-12,17,19H,2-9H2,1H3. The van der Waals surface area contributed by atoms with Crippen molar-refractivity contribution in [2.45, 2.75) is 44.6 Å². The summed E-state index contributed by atoms with van der Waals surface area (Å²) in [4.78, 5) is 0. The predicted octanol–water partition coefficient (Wildman–Crippen LogP) is 4.45. The molecule has 1 saturated carbocycles. The van der Waals surface area contributed by atoms with E-state index in [1.165, 1.54) is 44.1 Å². The number of ether oxygens (including phenoxy) is 2. The number of nitrogens with one attached hydrogen (secondary N) is 1. The molecular weight excluding hydrogens is 330 g/mol. The summed E-state index contributed by atoms with van der Waals surface area (Å²) in [6.45, 7) is 1.28. The second kappa shape index (κ2) is 7.01. The number of rotatable bonds is 3. The zero-order chi connectivity index (χ0) is 14.7. The maximum absolute atomic E-state index is 5.75. The molecule has 21 heavy (non-hydrogen) atoms. The molecule has 1 fully saturated rings. The van der Waals surface area contributed by atoms with Crippen molar-refractivity contribution < 1.29 is 9.47 Å². The number of hydrogen-bond donors (Lipinski definition) is 1. The largest absolute Gasteiger partial charge is 0.486 e. The highest BCUT2D eigenvalue weighted by molar-refractivity contribution is 9.10. The first-order chi connectivity index (χ1) is 10.3. The summed E-state index contributed by atoms with van der Waals surface area (Å²) in [6.07, 6.45) is 8.10. The monoisotopic (exact) mass is 353 g/mol. The van der Waals surface area contributed by atoms with Crippen LogP contribution >= 0.6 is 15.9 Å². The first kappa shape index (κ1) is 15.2. The van der Waals surface area contributed by atoms with Gasteiger partial charge in [0.2, 0.25) is 0 Å². The van der Waals surface area contributed by atoms with Crippen molar-refractivity contribution in [2.24, 2.45) is 5.92 Å². The maximum Gasteiger partial charge on any atom is 0.162 e. The minimum atomic E-state index is 0.383. The minimum Gasteiger partial charge on any atom is -0.486 e. The summed E-state index contributed by atoms with van der Waals surface area (Å²) in [7, 11) is 2.07. The smallest absolute Gasteiger partial charge is 0.162 e. The lowest BCUT2D eigenvalue weighted by Gasteiger charge is -2.29. The summed E-state index contributed by atoms with van der Waals surface area (Å²) in [5.74, 6) is 2.44. The Hall–Kier alpha value is -0.740. The van der Waals surface area contributed by atoms with Crippen LogP contribution < -0.4 is 14.8 Å². The number of benzene rings is 1. The van der Waals surface area contributed by atoms with Crippen LogP contribution in [0.5, 0.6) is 11.5 Å². The Balaban J connectivity index is 1.88.